The zero-order chi connectivity index (χ0) is 23.2. The molecule has 0 aliphatic heterocycles. The van der Waals surface area contributed by atoms with Crippen LogP contribution >= 0.6 is 0 Å². The van der Waals surface area contributed by atoms with Gasteiger partial charge in [0, 0.05) is 24.3 Å². The van der Waals surface area contributed by atoms with Crippen molar-refractivity contribution in [2.45, 2.75) is 33.5 Å². The number of hydrogen-bond acceptors (Lipinski definition) is 3. The molecule has 0 atom stereocenters. The minimum atomic E-state index is -0.298. The summed E-state index contributed by atoms with van der Waals surface area (Å²) in [6.45, 7) is 5.53. The van der Waals surface area contributed by atoms with Gasteiger partial charge in [-0.3, -0.25) is 9.69 Å². The van der Waals surface area contributed by atoms with E-state index in [2.05, 4.69) is 10.2 Å². The van der Waals surface area contributed by atoms with E-state index in [9.17, 15) is 9.18 Å². The van der Waals surface area contributed by atoms with Gasteiger partial charge in [0.05, 0.1) is 6.54 Å². The van der Waals surface area contributed by atoms with Crippen LogP contribution in [0.1, 0.15) is 38.6 Å². The van der Waals surface area contributed by atoms with E-state index in [1.54, 1.807) is 24.3 Å². The van der Waals surface area contributed by atoms with Crippen molar-refractivity contribution >= 4 is 11.6 Å². The van der Waals surface area contributed by atoms with Crippen LogP contribution in [0.2, 0.25) is 0 Å². The number of carbonyl (C=O) groups excluding carboxylic acids is 1. The molecule has 0 unspecified atom stereocenters. The summed E-state index contributed by atoms with van der Waals surface area (Å²) in [5.74, 6) is 0.359. The minimum absolute atomic E-state index is 0.233. The summed E-state index contributed by atoms with van der Waals surface area (Å²) in [6, 6.07) is 26.1. The molecule has 0 fully saturated rings. The Hall–Kier alpha value is -3.70. The van der Waals surface area contributed by atoms with Gasteiger partial charge in [-0.2, -0.15) is 0 Å². The molecule has 5 heteroatoms. The van der Waals surface area contributed by atoms with Crippen molar-refractivity contribution in [3.05, 3.63) is 125 Å². The van der Waals surface area contributed by atoms with E-state index in [-0.39, 0.29) is 17.5 Å². The SMILES string of the molecule is Cc1ccc(NC(=O)c2ccc(CN(Cc3ccccc3)Cc3ccccc3F)o2)cc1C. The molecular weight excluding hydrogens is 415 g/mol. The molecule has 4 rings (SSSR count). The number of furan rings is 1. The molecule has 1 amide bonds. The number of halogens is 1. The number of hydrogen-bond donors (Lipinski definition) is 1. The fraction of sp³-hybridized carbons (Fsp3) is 0.179. The van der Waals surface area contributed by atoms with E-state index >= 15 is 0 Å². The Bertz CT molecular complexity index is 1230. The highest BCUT2D eigenvalue weighted by molar-refractivity contribution is 6.02. The van der Waals surface area contributed by atoms with Gasteiger partial charge in [-0.25, -0.2) is 4.39 Å². The number of nitrogens with one attached hydrogen (secondary N) is 1. The van der Waals surface area contributed by atoms with E-state index in [0.29, 0.717) is 31.0 Å². The van der Waals surface area contributed by atoms with Gasteiger partial charge in [0.2, 0.25) is 0 Å². The topological polar surface area (TPSA) is 45.5 Å². The molecule has 0 saturated heterocycles. The third-order valence-corrected chi connectivity index (χ3v) is 5.63. The lowest BCUT2D eigenvalue weighted by molar-refractivity contribution is 0.0992. The molecular formula is C28H27FN2O2. The second-order valence-electron chi connectivity index (χ2n) is 8.24. The molecule has 3 aromatic carbocycles. The first kappa shape index (κ1) is 22.5. The van der Waals surface area contributed by atoms with Crippen molar-refractivity contribution in [1.29, 1.82) is 0 Å². The third kappa shape index (κ3) is 5.96. The van der Waals surface area contributed by atoms with Crippen LogP contribution < -0.4 is 5.32 Å². The molecule has 1 N–H and O–H groups in total. The molecule has 0 aliphatic carbocycles. The molecule has 4 aromatic rings. The predicted molar refractivity (Wildman–Crippen MR) is 128 cm³/mol. The summed E-state index contributed by atoms with van der Waals surface area (Å²) in [5.41, 5.74) is 4.74. The van der Waals surface area contributed by atoms with Gasteiger partial charge < -0.3 is 9.73 Å². The summed E-state index contributed by atoms with van der Waals surface area (Å²) >= 11 is 0. The average molecular weight is 443 g/mol. The second-order valence-corrected chi connectivity index (χ2v) is 8.24. The summed E-state index contributed by atoms with van der Waals surface area (Å²) in [5, 5.41) is 2.88. The number of carbonyl (C=O) groups is 1. The quantitative estimate of drug-likeness (QED) is 0.339. The van der Waals surface area contributed by atoms with Crippen LogP contribution in [0.4, 0.5) is 10.1 Å². The van der Waals surface area contributed by atoms with Gasteiger partial charge in [-0.1, -0.05) is 54.6 Å². The van der Waals surface area contributed by atoms with Gasteiger partial charge in [0.15, 0.2) is 5.76 Å². The zero-order valence-corrected chi connectivity index (χ0v) is 18.8. The number of amides is 1. The molecule has 0 spiro atoms. The van der Waals surface area contributed by atoms with E-state index < -0.39 is 0 Å². The summed E-state index contributed by atoms with van der Waals surface area (Å²) < 4.78 is 20.2. The Morgan fingerprint density at radius 3 is 2.36 bits per heavy atom. The first-order chi connectivity index (χ1) is 16.0. The fourth-order valence-electron chi connectivity index (χ4n) is 3.69. The van der Waals surface area contributed by atoms with Crippen LogP contribution in [-0.4, -0.2) is 10.8 Å². The minimum Gasteiger partial charge on any atom is -0.455 e. The van der Waals surface area contributed by atoms with Crippen molar-refractivity contribution in [1.82, 2.24) is 4.90 Å². The van der Waals surface area contributed by atoms with Crippen LogP contribution in [0.15, 0.2) is 89.3 Å². The number of rotatable bonds is 8. The lowest BCUT2D eigenvalue weighted by atomic mass is 10.1. The molecule has 4 nitrogen and oxygen atoms in total. The summed E-state index contributed by atoms with van der Waals surface area (Å²) in [4.78, 5) is 14.8. The van der Waals surface area contributed by atoms with Crippen molar-refractivity contribution < 1.29 is 13.6 Å². The van der Waals surface area contributed by atoms with Gasteiger partial charge in [0.1, 0.15) is 11.6 Å². The number of anilines is 1. The van der Waals surface area contributed by atoms with Crippen molar-refractivity contribution in [3.63, 3.8) is 0 Å². The lowest BCUT2D eigenvalue weighted by Gasteiger charge is -2.22. The zero-order valence-electron chi connectivity index (χ0n) is 18.8. The monoisotopic (exact) mass is 442 g/mol. The number of benzene rings is 3. The van der Waals surface area contributed by atoms with Gasteiger partial charge in [-0.05, 0) is 60.9 Å². The Labute approximate surface area is 193 Å². The first-order valence-corrected chi connectivity index (χ1v) is 10.9. The maximum absolute atomic E-state index is 14.3. The van der Waals surface area contributed by atoms with E-state index in [0.717, 1.165) is 16.8 Å². The van der Waals surface area contributed by atoms with Crippen molar-refractivity contribution in [3.8, 4) is 0 Å². The molecule has 1 heterocycles. The summed E-state index contributed by atoms with van der Waals surface area (Å²) in [7, 11) is 0. The predicted octanol–water partition coefficient (Wildman–Crippen LogP) is 6.49. The van der Waals surface area contributed by atoms with Crippen LogP contribution in [0.5, 0.6) is 0 Å². The standard InChI is InChI=1S/C28H27FN2O2/c1-20-12-13-24(16-21(20)2)30-28(32)27-15-14-25(33-27)19-31(17-22-8-4-3-5-9-22)18-23-10-6-7-11-26(23)29/h3-16H,17-19H2,1-2H3,(H,30,32). The molecule has 33 heavy (non-hydrogen) atoms. The molecule has 0 radical (unpaired) electrons. The van der Waals surface area contributed by atoms with E-state index in [1.165, 1.54) is 11.6 Å². The van der Waals surface area contributed by atoms with Gasteiger partial charge in [0.25, 0.3) is 5.91 Å². The van der Waals surface area contributed by atoms with E-state index in [4.69, 9.17) is 4.42 Å². The maximum Gasteiger partial charge on any atom is 0.291 e. The Morgan fingerprint density at radius 1 is 0.848 bits per heavy atom. The second kappa shape index (κ2) is 10.3. The molecule has 0 saturated carbocycles. The molecule has 0 aliphatic rings. The molecule has 168 valence electrons. The highest BCUT2D eigenvalue weighted by Crippen LogP contribution is 2.19. The number of aryl methyl sites for hydroxylation is 2. The first-order valence-electron chi connectivity index (χ1n) is 10.9. The molecule has 0 bridgehead atoms. The van der Waals surface area contributed by atoms with Crippen LogP contribution in [0.25, 0.3) is 0 Å². The van der Waals surface area contributed by atoms with E-state index in [1.807, 2.05) is 68.4 Å². The smallest absolute Gasteiger partial charge is 0.291 e. The number of nitrogens with zero attached hydrogens (tertiary/aromatic N) is 1. The highest BCUT2D eigenvalue weighted by Gasteiger charge is 2.16. The van der Waals surface area contributed by atoms with Gasteiger partial charge in [-0.15, -0.1) is 0 Å². The van der Waals surface area contributed by atoms with Gasteiger partial charge >= 0.3 is 0 Å². The van der Waals surface area contributed by atoms with Crippen molar-refractivity contribution in [2.24, 2.45) is 0 Å². The van der Waals surface area contributed by atoms with Crippen LogP contribution in [-0.2, 0) is 19.6 Å². The lowest BCUT2D eigenvalue weighted by Crippen LogP contribution is -2.22. The summed E-state index contributed by atoms with van der Waals surface area (Å²) in [6.07, 6.45) is 0. The fourth-order valence-corrected chi connectivity index (χ4v) is 3.69. The molecule has 1 aromatic heterocycles. The largest absolute Gasteiger partial charge is 0.455 e. The normalized spacial score (nSPS) is 11.0. The maximum atomic E-state index is 14.3. The van der Waals surface area contributed by atoms with Crippen LogP contribution in [0.3, 0.4) is 0 Å². The third-order valence-electron chi connectivity index (χ3n) is 5.63. The Morgan fingerprint density at radius 2 is 1.61 bits per heavy atom. The highest BCUT2D eigenvalue weighted by atomic mass is 19.1. The average Bonchev–Trinajstić information content (AvgIpc) is 3.27. The van der Waals surface area contributed by atoms with Crippen LogP contribution in [0, 0.1) is 19.7 Å². The Kier molecular flexibility index (Phi) is 7.01. The Balaban J connectivity index is 1.48. The van der Waals surface area contributed by atoms with Crippen molar-refractivity contribution in [2.75, 3.05) is 5.32 Å².